The Bertz CT molecular complexity index is 836. The lowest BCUT2D eigenvalue weighted by molar-refractivity contribution is -0.121. The monoisotopic (exact) mass is 295 g/mol. The van der Waals surface area contributed by atoms with Gasteiger partial charge in [-0.3, -0.25) is 10.2 Å². The first-order valence-corrected chi connectivity index (χ1v) is 6.91. The molecule has 1 heterocycles. The summed E-state index contributed by atoms with van der Waals surface area (Å²) in [5.41, 5.74) is 12.3. The van der Waals surface area contributed by atoms with Crippen molar-refractivity contribution < 1.29 is 4.79 Å². The second-order valence-electron chi connectivity index (χ2n) is 5.17. The average Bonchev–Trinajstić information content (AvgIpc) is 2.88. The number of anilines is 1. The van der Waals surface area contributed by atoms with Crippen LogP contribution in [0.1, 0.15) is 5.56 Å². The maximum absolute atomic E-state index is 11.7. The predicted molar refractivity (Wildman–Crippen MR) is 86.6 cm³/mol. The lowest BCUT2D eigenvalue weighted by atomic mass is 10.1. The number of fused-ring (bicyclic) bond motifs is 1. The minimum Gasteiger partial charge on any atom is -0.397 e. The first-order chi connectivity index (χ1) is 10.6. The van der Waals surface area contributed by atoms with Gasteiger partial charge in [0.05, 0.1) is 11.2 Å². The van der Waals surface area contributed by atoms with Gasteiger partial charge < -0.3 is 10.3 Å². The Morgan fingerprint density at radius 3 is 2.64 bits per heavy atom. The summed E-state index contributed by atoms with van der Waals surface area (Å²) in [5, 5.41) is 0. The van der Waals surface area contributed by atoms with E-state index < -0.39 is 0 Å². The number of imidazole rings is 1. The number of carbonyl (C=O) groups is 1. The van der Waals surface area contributed by atoms with Crippen LogP contribution >= 0.6 is 0 Å². The van der Waals surface area contributed by atoms with E-state index in [1.807, 2.05) is 47.9 Å². The van der Waals surface area contributed by atoms with Crippen LogP contribution in [-0.2, 0) is 11.3 Å². The molecule has 3 rings (SSSR count). The van der Waals surface area contributed by atoms with Crippen LogP contribution in [0.15, 0.2) is 42.5 Å². The van der Waals surface area contributed by atoms with Crippen molar-refractivity contribution in [3.63, 3.8) is 0 Å². The number of nitrogens with one attached hydrogen (secondary N) is 1. The largest absolute Gasteiger partial charge is 0.397 e. The van der Waals surface area contributed by atoms with Crippen LogP contribution in [0.3, 0.4) is 0 Å². The van der Waals surface area contributed by atoms with Crippen molar-refractivity contribution in [3.8, 4) is 11.4 Å². The topological polar surface area (TPSA) is 99.0 Å². The molecule has 3 aromatic rings. The fourth-order valence-electron chi connectivity index (χ4n) is 2.44. The first kappa shape index (κ1) is 14.1. The van der Waals surface area contributed by atoms with Gasteiger partial charge in [-0.25, -0.2) is 10.8 Å². The lowest BCUT2D eigenvalue weighted by Gasteiger charge is -2.08. The third-order valence-corrected chi connectivity index (χ3v) is 3.58. The van der Waals surface area contributed by atoms with Crippen LogP contribution in [-0.4, -0.2) is 15.5 Å². The Kier molecular flexibility index (Phi) is 3.52. The lowest BCUT2D eigenvalue weighted by Crippen LogP contribution is -2.33. The normalized spacial score (nSPS) is 10.8. The second kappa shape index (κ2) is 5.50. The second-order valence-corrected chi connectivity index (χ2v) is 5.17. The van der Waals surface area contributed by atoms with E-state index in [1.54, 1.807) is 6.07 Å². The number of hydrogen-bond acceptors (Lipinski definition) is 4. The summed E-state index contributed by atoms with van der Waals surface area (Å²) in [6.07, 6.45) is 0. The Labute approximate surface area is 127 Å². The van der Waals surface area contributed by atoms with Crippen LogP contribution in [0.4, 0.5) is 5.69 Å². The van der Waals surface area contributed by atoms with Crippen LogP contribution in [0.25, 0.3) is 22.4 Å². The van der Waals surface area contributed by atoms with E-state index in [0.29, 0.717) is 17.0 Å². The molecule has 0 aliphatic heterocycles. The minimum atomic E-state index is -0.296. The smallest absolute Gasteiger partial charge is 0.253 e. The zero-order chi connectivity index (χ0) is 15.7. The molecule has 22 heavy (non-hydrogen) atoms. The van der Waals surface area contributed by atoms with E-state index in [4.69, 9.17) is 11.6 Å². The molecule has 0 aliphatic carbocycles. The number of amides is 1. The Morgan fingerprint density at radius 1 is 1.23 bits per heavy atom. The third kappa shape index (κ3) is 2.40. The van der Waals surface area contributed by atoms with Crippen molar-refractivity contribution in [2.75, 3.05) is 5.73 Å². The molecule has 1 aromatic heterocycles. The van der Waals surface area contributed by atoms with Gasteiger partial charge in [0.25, 0.3) is 5.91 Å². The molecular weight excluding hydrogens is 278 g/mol. The summed E-state index contributed by atoms with van der Waals surface area (Å²) >= 11 is 0. The summed E-state index contributed by atoms with van der Waals surface area (Å²) in [6, 6.07) is 13.5. The number of aromatic nitrogens is 2. The van der Waals surface area contributed by atoms with Gasteiger partial charge in [0.2, 0.25) is 0 Å². The van der Waals surface area contributed by atoms with Gasteiger partial charge in [-0.05, 0) is 19.1 Å². The van der Waals surface area contributed by atoms with Crippen LogP contribution in [0.2, 0.25) is 0 Å². The molecule has 2 aromatic carbocycles. The van der Waals surface area contributed by atoms with Gasteiger partial charge in [-0.2, -0.15) is 0 Å². The van der Waals surface area contributed by atoms with Crippen LogP contribution < -0.4 is 17.0 Å². The van der Waals surface area contributed by atoms with Gasteiger partial charge in [-0.1, -0.05) is 35.9 Å². The molecule has 5 N–H and O–H groups in total. The SMILES string of the molecule is Cc1ccc(-c2nc3c(N)cccc3n2CC(=O)NN)cc1. The standard InChI is InChI=1S/C16H17N5O/c1-10-5-7-11(8-6-10)16-19-15-12(17)3-2-4-13(15)21(16)9-14(22)20-18/h2-8H,9,17-18H2,1H3,(H,20,22). The maximum Gasteiger partial charge on any atom is 0.253 e. The van der Waals surface area contributed by atoms with Crippen molar-refractivity contribution in [2.45, 2.75) is 13.5 Å². The Morgan fingerprint density at radius 2 is 1.95 bits per heavy atom. The van der Waals surface area contributed by atoms with E-state index in [1.165, 1.54) is 0 Å². The van der Waals surface area contributed by atoms with Crippen LogP contribution in [0, 0.1) is 6.92 Å². The molecule has 0 atom stereocenters. The highest BCUT2D eigenvalue weighted by atomic mass is 16.2. The number of nitrogen functional groups attached to an aromatic ring is 1. The van der Waals surface area contributed by atoms with Gasteiger partial charge in [0.15, 0.2) is 0 Å². The summed E-state index contributed by atoms with van der Waals surface area (Å²) < 4.78 is 1.82. The Hall–Kier alpha value is -2.86. The van der Waals surface area contributed by atoms with Gasteiger partial charge >= 0.3 is 0 Å². The first-order valence-electron chi connectivity index (χ1n) is 6.91. The number of rotatable bonds is 3. The number of nitrogens with two attached hydrogens (primary N) is 2. The molecule has 0 unspecified atom stereocenters. The quantitative estimate of drug-likeness (QED) is 0.296. The van der Waals surface area contributed by atoms with Crippen molar-refractivity contribution in [1.29, 1.82) is 0 Å². The number of nitrogens with zero attached hydrogens (tertiary/aromatic N) is 2. The number of hydrogen-bond donors (Lipinski definition) is 3. The van der Waals surface area contributed by atoms with Crippen molar-refractivity contribution in [2.24, 2.45) is 5.84 Å². The molecule has 0 saturated carbocycles. The molecule has 6 nitrogen and oxygen atoms in total. The van der Waals surface area contributed by atoms with E-state index in [2.05, 4.69) is 10.4 Å². The van der Waals surface area contributed by atoms with Crippen molar-refractivity contribution >= 4 is 22.6 Å². The van der Waals surface area contributed by atoms with Gasteiger partial charge in [-0.15, -0.1) is 0 Å². The fraction of sp³-hybridized carbons (Fsp3) is 0.125. The fourth-order valence-corrected chi connectivity index (χ4v) is 2.44. The molecule has 0 aliphatic rings. The van der Waals surface area contributed by atoms with Crippen molar-refractivity contribution in [3.05, 3.63) is 48.0 Å². The third-order valence-electron chi connectivity index (χ3n) is 3.58. The van der Waals surface area contributed by atoms with Gasteiger partial charge in [0, 0.05) is 5.56 Å². The average molecular weight is 295 g/mol. The number of carbonyl (C=O) groups excluding carboxylic acids is 1. The molecule has 0 radical (unpaired) electrons. The zero-order valence-corrected chi connectivity index (χ0v) is 12.2. The molecule has 0 bridgehead atoms. The van der Waals surface area contributed by atoms with E-state index >= 15 is 0 Å². The van der Waals surface area contributed by atoms with E-state index in [9.17, 15) is 4.79 Å². The number of benzene rings is 2. The summed E-state index contributed by atoms with van der Waals surface area (Å²) in [6.45, 7) is 2.10. The van der Waals surface area contributed by atoms with Crippen LogP contribution in [0.5, 0.6) is 0 Å². The number of hydrazine groups is 1. The predicted octanol–water partition coefficient (Wildman–Crippen LogP) is 1.58. The van der Waals surface area contributed by atoms with Crippen molar-refractivity contribution in [1.82, 2.24) is 15.0 Å². The maximum atomic E-state index is 11.7. The van der Waals surface area contributed by atoms with E-state index in [-0.39, 0.29) is 12.5 Å². The van der Waals surface area contributed by atoms with E-state index in [0.717, 1.165) is 16.6 Å². The summed E-state index contributed by atoms with van der Waals surface area (Å²) in [5.74, 6) is 5.61. The summed E-state index contributed by atoms with van der Waals surface area (Å²) in [7, 11) is 0. The zero-order valence-electron chi connectivity index (χ0n) is 12.2. The molecule has 0 saturated heterocycles. The minimum absolute atomic E-state index is 0.0830. The highest BCUT2D eigenvalue weighted by molar-refractivity contribution is 5.91. The molecular formula is C16H17N5O. The highest BCUT2D eigenvalue weighted by Crippen LogP contribution is 2.28. The molecule has 6 heteroatoms. The molecule has 1 amide bonds. The Balaban J connectivity index is 2.23. The molecule has 0 spiro atoms. The molecule has 112 valence electrons. The highest BCUT2D eigenvalue weighted by Gasteiger charge is 2.16. The summed E-state index contributed by atoms with van der Waals surface area (Å²) in [4.78, 5) is 16.3. The number of para-hydroxylation sites is 1. The number of aryl methyl sites for hydroxylation is 1. The van der Waals surface area contributed by atoms with Gasteiger partial charge in [0.1, 0.15) is 17.9 Å². The molecule has 0 fully saturated rings.